The first-order valence-corrected chi connectivity index (χ1v) is 14.6. The average Bonchev–Trinajstić information content (AvgIpc) is 3.50. The summed E-state index contributed by atoms with van der Waals surface area (Å²) in [5.41, 5.74) is 10.6. The van der Waals surface area contributed by atoms with E-state index >= 15 is 0 Å². The number of hydrogen-bond donors (Lipinski definition) is 2. The lowest BCUT2D eigenvalue weighted by molar-refractivity contribution is -0.344. The van der Waals surface area contributed by atoms with E-state index in [9.17, 15) is 18.3 Å². The number of aliphatic carboxylic acids is 1. The summed E-state index contributed by atoms with van der Waals surface area (Å²) in [6, 6.07) is 16.8. The minimum Gasteiger partial charge on any atom is -0.820 e. The Bertz CT molecular complexity index is 1360. The van der Waals surface area contributed by atoms with Gasteiger partial charge in [-0.2, -0.15) is 13.2 Å². The van der Waals surface area contributed by atoms with Crippen molar-refractivity contribution in [1.29, 1.82) is 0 Å². The van der Waals surface area contributed by atoms with Gasteiger partial charge in [-0.3, -0.25) is 4.90 Å². The fourth-order valence-corrected chi connectivity index (χ4v) is 6.79. The van der Waals surface area contributed by atoms with Crippen LogP contribution in [0.25, 0.3) is 12.2 Å². The Balaban J connectivity index is 0.000000493. The highest BCUT2D eigenvalue weighted by Gasteiger charge is 2.36. The van der Waals surface area contributed by atoms with Gasteiger partial charge in [-0.05, 0) is 62.8 Å². The summed E-state index contributed by atoms with van der Waals surface area (Å²) in [4.78, 5) is 15.8. The molecule has 0 unspecified atom stereocenters. The zero-order valence-electron chi connectivity index (χ0n) is 22.5. The van der Waals surface area contributed by atoms with E-state index in [0.717, 1.165) is 52.9 Å². The van der Waals surface area contributed by atoms with Crippen LogP contribution >= 0.6 is 23.5 Å². The average molecular weight is 603 g/mol. The molecule has 3 N–H and O–H groups in total. The number of nitrogens with zero attached hydrogens (tertiary/aromatic N) is 2. The Morgan fingerprint density at radius 1 is 1.00 bits per heavy atom. The van der Waals surface area contributed by atoms with Crippen molar-refractivity contribution in [3.8, 4) is 5.75 Å². The number of carboxylic acid groups (broad SMARTS) is 1. The molecule has 0 fully saturated rings. The first-order chi connectivity index (χ1) is 19.6. The van der Waals surface area contributed by atoms with Gasteiger partial charge in [0.05, 0.1) is 23.2 Å². The van der Waals surface area contributed by atoms with E-state index in [2.05, 4.69) is 89.6 Å². The van der Waals surface area contributed by atoms with Crippen LogP contribution in [0.4, 0.5) is 30.2 Å². The third kappa shape index (κ3) is 6.55. The second-order valence-corrected chi connectivity index (χ2v) is 11.1. The first kappa shape index (κ1) is 30.5. The summed E-state index contributed by atoms with van der Waals surface area (Å²) in [5, 5.41) is 27.9. The molecule has 0 amide bonds. The molecule has 3 aromatic rings. The number of carbonyl (C=O) groups excluding carboxylic acids is 1. The molecule has 12 heteroatoms. The Labute approximate surface area is 245 Å². The number of fused-ring (bicyclic) bond motifs is 2. The quantitative estimate of drug-likeness (QED) is 0.268. The van der Waals surface area contributed by atoms with Gasteiger partial charge in [-0.25, -0.2) is 0 Å². The largest absolute Gasteiger partial charge is 0.820 e. The lowest BCUT2D eigenvalue weighted by atomic mass is 9.97. The van der Waals surface area contributed by atoms with Crippen molar-refractivity contribution in [2.24, 2.45) is 5.73 Å². The van der Waals surface area contributed by atoms with Crippen molar-refractivity contribution in [3.63, 3.8) is 0 Å². The number of hydrogen-bond acceptors (Lipinski definition) is 9. The van der Waals surface area contributed by atoms with Crippen molar-refractivity contribution in [1.82, 2.24) is 0 Å². The third-order valence-corrected chi connectivity index (χ3v) is 8.61. The number of nitrogens with one attached hydrogen (secondary N) is 1. The first-order valence-electron chi connectivity index (χ1n) is 13.0. The van der Waals surface area contributed by atoms with E-state index in [0.29, 0.717) is 6.54 Å². The number of alkyl halides is 3. The molecule has 5 rings (SSSR count). The summed E-state index contributed by atoms with van der Waals surface area (Å²) in [6.07, 6.45) is -0.233. The van der Waals surface area contributed by atoms with Crippen LogP contribution in [0, 0.1) is 0 Å². The second kappa shape index (κ2) is 13.0. The monoisotopic (exact) mass is 602 g/mol. The Kier molecular flexibility index (Phi) is 9.67. The van der Waals surface area contributed by atoms with E-state index in [-0.39, 0.29) is 5.75 Å². The lowest BCUT2D eigenvalue weighted by Crippen LogP contribution is -2.37. The summed E-state index contributed by atoms with van der Waals surface area (Å²) in [7, 11) is 0. The van der Waals surface area contributed by atoms with Crippen LogP contribution in [-0.4, -0.2) is 38.3 Å². The predicted molar refractivity (Wildman–Crippen MR) is 157 cm³/mol. The van der Waals surface area contributed by atoms with E-state index in [1.54, 1.807) is 23.5 Å². The number of anilines is 3. The molecule has 41 heavy (non-hydrogen) atoms. The molecule has 0 saturated carbocycles. The second-order valence-electron chi connectivity index (χ2n) is 8.98. The summed E-state index contributed by atoms with van der Waals surface area (Å²) >= 11 is 3.45. The summed E-state index contributed by atoms with van der Waals surface area (Å²) in [6.45, 7) is 7.36. The number of thioether (sulfide) groups is 2. The van der Waals surface area contributed by atoms with E-state index < -0.39 is 12.1 Å². The predicted octanol–water partition coefficient (Wildman–Crippen LogP) is 5.12. The standard InChI is InChI=1S/C27H29N4OS2.C2HF3O2/c1-3-30-20-10-5-7-12-22(20)33-24(30)16-18-26(29-15-9-14-28)19(27(18)32)17-25-31(4-2)21-11-6-8-13-23(21)34-25;3-2(4,5)1(6)7/h5-8,10-13,16-17,29H,3-4,9,14-15,28H2,1-2H3;(H,6,7)/q+1;/p-1. The molecule has 216 valence electrons. The maximum Gasteiger partial charge on any atom is 0.430 e. The van der Waals surface area contributed by atoms with Crippen LogP contribution in [-0.2, 0) is 4.79 Å². The van der Waals surface area contributed by atoms with Crippen LogP contribution in [0.5, 0.6) is 5.75 Å². The van der Waals surface area contributed by atoms with Crippen LogP contribution in [0.2, 0.25) is 0 Å². The zero-order chi connectivity index (χ0) is 29.7. The van der Waals surface area contributed by atoms with E-state index in [1.165, 1.54) is 21.2 Å². The maximum absolute atomic E-state index is 13.4. The number of carboxylic acids is 1. The number of rotatable bonds is 8. The van der Waals surface area contributed by atoms with Crippen LogP contribution in [0.15, 0.2) is 68.4 Å². The van der Waals surface area contributed by atoms with Crippen molar-refractivity contribution < 1.29 is 28.2 Å². The topological polar surface area (TPSA) is 108 Å². The highest BCUT2D eigenvalue weighted by atomic mass is 32.2. The number of carbonyl (C=O) groups is 1. The Morgan fingerprint density at radius 3 is 2.02 bits per heavy atom. The Hall–Kier alpha value is -3.48. The normalized spacial score (nSPS) is 16.1. The molecule has 0 bridgehead atoms. The van der Waals surface area contributed by atoms with Gasteiger partial charge >= 0.3 is 6.18 Å². The molecule has 2 aliphatic heterocycles. The molecule has 0 atom stereocenters. The molecular weight excluding hydrogens is 573 g/mol. The van der Waals surface area contributed by atoms with Gasteiger partial charge < -0.3 is 31.0 Å². The molecule has 2 aliphatic rings. The Morgan fingerprint density at radius 2 is 1.51 bits per heavy atom. The van der Waals surface area contributed by atoms with Gasteiger partial charge in [0.1, 0.15) is 17.1 Å². The van der Waals surface area contributed by atoms with Crippen LogP contribution in [0.1, 0.15) is 31.4 Å². The molecule has 0 spiro atoms. The van der Waals surface area contributed by atoms with Gasteiger partial charge in [0.15, 0.2) is 16.2 Å². The fraction of sp³-hybridized carbons (Fsp3) is 0.276. The fourth-order valence-electron chi connectivity index (χ4n) is 4.46. The highest BCUT2D eigenvalue weighted by Crippen LogP contribution is 2.51. The smallest absolute Gasteiger partial charge is 0.430 e. The SMILES string of the molecule is CCN1C(=Cc2c([O-])[c+](C=C3Sc4ccccc4N3CC)[c+]2NCCCN)Sc2ccccc21.O=C([O-])C(F)(F)F. The highest BCUT2D eigenvalue weighted by molar-refractivity contribution is 8.04. The van der Waals surface area contributed by atoms with Gasteiger partial charge in [-0.15, -0.1) is 0 Å². The molecular formula is C29H29F3N4O3S2. The molecule has 0 aliphatic carbocycles. The number of halogens is 3. The number of benzene rings is 2. The third-order valence-electron chi connectivity index (χ3n) is 6.38. The molecule has 2 heterocycles. The van der Waals surface area contributed by atoms with Gasteiger partial charge in [-0.1, -0.05) is 36.0 Å². The molecule has 0 radical (unpaired) electrons. The molecule has 0 saturated heterocycles. The van der Waals surface area contributed by atoms with Crippen molar-refractivity contribution in [3.05, 3.63) is 69.7 Å². The van der Waals surface area contributed by atoms with Crippen molar-refractivity contribution in [2.75, 3.05) is 41.3 Å². The van der Waals surface area contributed by atoms with Crippen molar-refractivity contribution >= 4 is 58.7 Å². The number of para-hydroxylation sites is 2. The van der Waals surface area contributed by atoms with Gasteiger partial charge in [0.25, 0.3) is 0 Å². The summed E-state index contributed by atoms with van der Waals surface area (Å²) < 4.78 is 31.5. The molecule has 0 aromatic heterocycles. The van der Waals surface area contributed by atoms with E-state index in [1.807, 2.05) is 0 Å². The minimum atomic E-state index is -5.19. The lowest BCUT2D eigenvalue weighted by Gasteiger charge is -2.20. The van der Waals surface area contributed by atoms with E-state index in [4.69, 9.17) is 15.6 Å². The summed E-state index contributed by atoms with van der Waals surface area (Å²) in [5.74, 6) is -2.91. The van der Waals surface area contributed by atoms with Crippen LogP contribution < -0.4 is 31.1 Å². The van der Waals surface area contributed by atoms with Gasteiger partial charge in [0.2, 0.25) is 5.69 Å². The molecule has 7 nitrogen and oxygen atoms in total. The number of nitrogens with two attached hydrogens (primary N) is 1. The maximum atomic E-state index is 13.4. The minimum absolute atomic E-state index is 0.0930. The van der Waals surface area contributed by atoms with Crippen molar-refractivity contribution in [2.45, 2.75) is 36.2 Å². The molecule has 3 aromatic carbocycles. The van der Waals surface area contributed by atoms with Crippen LogP contribution in [0.3, 0.4) is 0 Å². The van der Waals surface area contributed by atoms with Gasteiger partial charge in [0, 0.05) is 29.4 Å². The zero-order valence-corrected chi connectivity index (χ0v) is 24.1.